The van der Waals surface area contributed by atoms with Gasteiger partial charge in [0.05, 0.1) is 0 Å². The molecule has 2 unspecified atom stereocenters. The molecule has 0 rings (SSSR count). The molecular formula is C20H30. The van der Waals surface area contributed by atoms with Crippen molar-refractivity contribution in [2.75, 3.05) is 0 Å². The number of allylic oxidation sites excluding steroid dienone is 8. The molecule has 0 spiro atoms. The Hall–Kier alpha value is -1.56. The molecule has 0 nitrogen and oxygen atoms in total. The van der Waals surface area contributed by atoms with Crippen molar-refractivity contribution in [2.45, 2.75) is 39.5 Å². The van der Waals surface area contributed by atoms with Gasteiger partial charge in [0.1, 0.15) is 0 Å². The molecule has 2 atom stereocenters. The van der Waals surface area contributed by atoms with Crippen LogP contribution in [0.3, 0.4) is 0 Å². The minimum Gasteiger partial charge on any atom is -0.103 e. The molecule has 20 heavy (non-hydrogen) atoms. The van der Waals surface area contributed by atoms with E-state index >= 15 is 0 Å². The van der Waals surface area contributed by atoms with Crippen LogP contribution in [0.2, 0.25) is 0 Å². The molecule has 0 saturated heterocycles. The molecule has 0 amide bonds. The van der Waals surface area contributed by atoms with E-state index in [1.807, 2.05) is 24.3 Å². The highest BCUT2D eigenvalue weighted by atomic mass is 14.2. The standard InChI is InChI=1S/C20H30/c1-7-11-17(5)15-19(13-9-3)20(14-10-4)16-18(6)12-8-2/h7-11,14,18-19H,1-4,12-13,15-16H2,5-6H3. The third-order valence-corrected chi connectivity index (χ3v) is 3.43. The normalized spacial score (nSPS) is 15.3. The van der Waals surface area contributed by atoms with Crippen molar-refractivity contribution in [3.05, 3.63) is 73.9 Å². The van der Waals surface area contributed by atoms with Gasteiger partial charge in [-0.3, -0.25) is 0 Å². The van der Waals surface area contributed by atoms with Crippen LogP contribution in [-0.2, 0) is 0 Å². The lowest BCUT2D eigenvalue weighted by Crippen LogP contribution is -2.08. The van der Waals surface area contributed by atoms with Crippen molar-refractivity contribution < 1.29 is 0 Å². The van der Waals surface area contributed by atoms with Gasteiger partial charge in [0, 0.05) is 0 Å². The summed E-state index contributed by atoms with van der Waals surface area (Å²) in [5.74, 6) is 1.13. The number of hydrogen-bond acceptors (Lipinski definition) is 0. The van der Waals surface area contributed by atoms with Gasteiger partial charge in [-0.2, -0.15) is 0 Å². The molecule has 0 fully saturated rings. The molecule has 0 heteroatoms. The fourth-order valence-corrected chi connectivity index (χ4v) is 2.52. The van der Waals surface area contributed by atoms with Crippen molar-refractivity contribution in [3.8, 4) is 0 Å². The van der Waals surface area contributed by atoms with Gasteiger partial charge >= 0.3 is 0 Å². The second-order valence-electron chi connectivity index (χ2n) is 5.49. The maximum Gasteiger partial charge on any atom is -0.0128 e. The van der Waals surface area contributed by atoms with E-state index in [-0.39, 0.29) is 0 Å². The van der Waals surface area contributed by atoms with E-state index in [4.69, 9.17) is 0 Å². The lowest BCUT2D eigenvalue weighted by molar-refractivity contribution is 0.512. The highest BCUT2D eigenvalue weighted by Gasteiger charge is 2.15. The van der Waals surface area contributed by atoms with Crippen molar-refractivity contribution in [3.63, 3.8) is 0 Å². The average Bonchev–Trinajstić information content (AvgIpc) is 2.38. The van der Waals surface area contributed by atoms with E-state index in [9.17, 15) is 0 Å². The summed E-state index contributed by atoms with van der Waals surface area (Å²) in [6.45, 7) is 19.8. The van der Waals surface area contributed by atoms with Crippen LogP contribution in [-0.4, -0.2) is 0 Å². The quantitative estimate of drug-likeness (QED) is 0.300. The van der Waals surface area contributed by atoms with E-state index in [1.165, 1.54) is 11.1 Å². The molecule has 0 bridgehead atoms. The molecular weight excluding hydrogens is 240 g/mol. The van der Waals surface area contributed by atoms with E-state index in [1.54, 1.807) is 0 Å². The molecule has 0 aliphatic heterocycles. The van der Waals surface area contributed by atoms with E-state index in [0.29, 0.717) is 11.8 Å². The van der Waals surface area contributed by atoms with Crippen LogP contribution in [0, 0.1) is 11.8 Å². The Bertz CT molecular complexity index is 379. The molecule has 0 N–H and O–H groups in total. The van der Waals surface area contributed by atoms with Crippen molar-refractivity contribution in [1.29, 1.82) is 0 Å². The first kappa shape index (κ1) is 18.4. The highest BCUT2D eigenvalue weighted by Crippen LogP contribution is 2.29. The summed E-state index contributed by atoms with van der Waals surface area (Å²) in [7, 11) is 0. The zero-order valence-corrected chi connectivity index (χ0v) is 13.3. The third-order valence-electron chi connectivity index (χ3n) is 3.43. The molecule has 0 aromatic carbocycles. The van der Waals surface area contributed by atoms with Gasteiger partial charge < -0.3 is 0 Å². The van der Waals surface area contributed by atoms with Crippen LogP contribution >= 0.6 is 0 Å². The Kier molecular flexibility index (Phi) is 10.4. The van der Waals surface area contributed by atoms with Gasteiger partial charge in [0.15, 0.2) is 0 Å². The topological polar surface area (TPSA) is 0 Å². The van der Waals surface area contributed by atoms with Crippen molar-refractivity contribution >= 4 is 0 Å². The molecule has 0 aromatic rings. The third kappa shape index (κ3) is 7.78. The van der Waals surface area contributed by atoms with Crippen LogP contribution < -0.4 is 0 Å². The van der Waals surface area contributed by atoms with Gasteiger partial charge in [-0.25, -0.2) is 0 Å². The number of rotatable bonds is 11. The Morgan fingerprint density at radius 1 is 0.900 bits per heavy atom. The Balaban J connectivity index is 5.03. The molecule has 0 aromatic heterocycles. The summed E-state index contributed by atoms with van der Waals surface area (Å²) >= 11 is 0. The average molecular weight is 270 g/mol. The van der Waals surface area contributed by atoms with Crippen molar-refractivity contribution in [2.24, 2.45) is 11.8 Å². The summed E-state index contributed by atoms with van der Waals surface area (Å²) in [4.78, 5) is 0. The summed E-state index contributed by atoms with van der Waals surface area (Å²) in [5.41, 5.74) is 2.82. The Morgan fingerprint density at radius 2 is 1.50 bits per heavy atom. The van der Waals surface area contributed by atoms with Crippen LogP contribution in [0.5, 0.6) is 0 Å². The lowest BCUT2D eigenvalue weighted by Gasteiger charge is -2.22. The maximum atomic E-state index is 3.90. The molecule has 0 aliphatic rings. The van der Waals surface area contributed by atoms with E-state index < -0.39 is 0 Å². The zero-order valence-electron chi connectivity index (χ0n) is 13.3. The first-order valence-corrected chi connectivity index (χ1v) is 7.40. The lowest BCUT2D eigenvalue weighted by atomic mass is 9.83. The summed E-state index contributed by atoms with van der Waals surface area (Å²) in [6.07, 6.45) is 16.2. The summed E-state index contributed by atoms with van der Waals surface area (Å²) in [6, 6.07) is 0. The van der Waals surface area contributed by atoms with Crippen LogP contribution in [0.25, 0.3) is 0 Å². The zero-order chi connectivity index (χ0) is 15.4. The predicted octanol–water partition coefficient (Wildman–Crippen LogP) is 6.42. The highest BCUT2D eigenvalue weighted by molar-refractivity contribution is 5.19. The van der Waals surface area contributed by atoms with E-state index in [0.717, 1.165) is 25.7 Å². The number of hydrogen-bond donors (Lipinski definition) is 0. The van der Waals surface area contributed by atoms with Crippen molar-refractivity contribution in [1.82, 2.24) is 0 Å². The fourth-order valence-electron chi connectivity index (χ4n) is 2.52. The smallest absolute Gasteiger partial charge is 0.0128 e. The van der Waals surface area contributed by atoms with Crippen LogP contribution in [0.4, 0.5) is 0 Å². The second-order valence-corrected chi connectivity index (χ2v) is 5.49. The summed E-state index contributed by atoms with van der Waals surface area (Å²) in [5, 5.41) is 0. The molecule has 110 valence electrons. The van der Waals surface area contributed by atoms with Gasteiger partial charge in [0.2, 0.25) is 0 Å². The molecule has 0 radical (unpaired) electrons. The molecule has 0 saturated carbocycles. The van der Waals surface area contributed by atoms with Crippen LogP contribution in [0.1, 0.15) is 39.5 Å². The summed E-state index contributed by atoms with van der Waals surface area (Å²) < 4.78 is 0. The predicted molar refractivity (Wildman–Crippen MR) is 93.8 cm³/mol. The Morgan fingerprint density at radius 3 is 2.00 bits per heavy atom. The SMILES string of the molecule is C=CC=C(C)CC(CC=C)C(=CC=C)CC(C)CC=C. The monoisotopic (exact) mass is 270 g/mol. The second kappa shape index (κ2) is 11.3. The van der Waals surface area contributed by atoms with Crippen LogP contribution in [0.15, 0.2) is 73.9 Å². The molecule has 0 aliphatic carbocycles. The minimum absolute atomic E-state index is 0.508. The molecule has 0 heterocycles. The first-order chi connectivity index (χ1) is 9.58. The minimum atomic E-state index is 0.508. The van der Waals surface area contributed by atoms with Gasteiger partial charge in [-0.05, 0) is 44.4 Å². The first-order valence-electron chi connectivity index (χ1n) is 7.40. The Labute approximate surface area is 126 Å². The van der Waals surface area contributed by atoms with E-state index in [2.05, 4.69) is 52.3 Å². The maximum absolute atomic E-state index is 3.90. The fraction of sp³-hybridized carbons (Fsp3) is 0.400. The van der Waals surface area contributed by atoms with Gasteiger partial charge in [-0.1, -0.05) is 67.7 Å². The van der Waals surface area contributed by atoms with Gasteiger partial charge in [0.25, 0.3) is 0 Å². The van der Waals surface area contributed by atoms with Gasteiger partial charge in [-0.15, -0.1) is 13.2 Å². The largest absolute Gasteiger partial charge is 0.103 e.